The molecular weight excluding hydrogens is 295 g/mol. The predicted molar refractivity (Wildman–Crippen MR) is 90.6 cm³/mol. The van der Waals surface area contributed by atoms with E-state index in [1.165, 1.54) is 6.08 Å². The van der Waals surface area contributed by atoms with Gasteiger partial charge in [-0.2, -0.15) is 0 Å². The topological polar surface area (TPSA) is 51.2 Å². The number of halogens is 1. The Morgan fingerprint density at radius 3 is 2.00 bits per heavy atom. The van der Waals surface area contributed by atoms with Crippen molar-refractivity contribution < 1.29 is 18.8 Å². The van der Waals surface area contributed by atoms with E-state index in [0.29, 0.717) is 18.4 Å². The zero-order chi connectivity index (χ0) is 18.2. The average molecular weight is 322 g/mol. The molecule has 4 heteroatoms. The first-order chi connectivity index (χ1) is 10.6. The third-order valence-electron chi connectivity index (χ3n) is 3.67. The molecule has 0 spiro atoms. The highest BCUT2D eigenvalue weighted by Gasteiger charge is 2.17. The van der Waals surface area contributed by atoms with Crippen molar-refractivity contribution in [2.24, 2.45) is 17.8 Å². The number of hydrogen-bond donors (Lipinski definition) is 0. The summed E-state index contributed by atoms with van der Waals surface area (Å²) in [5.74, 6) is -2.42. The molecule has 0 aromatic heterocycles. The van der Waals surface area contributed by atoms with Gasteiger partial charge in [-0.15, -0.1) is 0 Å². The molecule has 0 rings (SSSR count). The molecule has 0 amide bonds. The van der Waals surface area contributed by atoms with Crippen LogP contribution >= 0.6 is 0 Å². The molecule has 2 atom stereocenters. The highest BCUT2D eigenvalue weighted by molar-refractivity contribution is 5.97. The zero-order valence-corrected chi connectivity index (χ0v) is 14.7. The van der Waals surface area contributed by atoms with Crippen LogP contribution in [0.3, 0.4) is 0 Å². The quantitative estimate of drug-likeness (QED) is 0.561. The molecule has 0 aliphatic carbocycles. The SMILES string of the molecule is C=C(F)C(=O)C(C)CC=C(C)C(=O)C(C)CC=CC(=O)C(C)C. The van der Waals surface area contributed by atoms with E-state index in [2.05, 4.69) is 6.58 Å². The molecule has 0 saturated heterocycles. The van der Waals surface area contributed by atoms with Gasteiger partial charge >= 0.3 is 0 Å². The van der Waals surface area contributed by atoms with E-state index < -0.39 is 17.5 Å². The smallest absolute Gasteiger partial charge is 0.193 e. The molecule has 0 fully saturated rings. The normalized spacial score (nSPS) is 14.8. The summed E-state index contributed by atoms with van der Waals surface area (Å²) in [6.45, 7) is 11.7. The van der Waals surface area contributed by atoms with Crippen molar-refractivity contribution in [1.29, 1.82) is 0 Å². The summed E-state index contributed by atoms with van der Waals surface area (Å²) in [6, 6.07) is 0. The minimum atomic E-state index is -0.955. The molecule has 0 aromatic carbocycles. The van der Waals surface area contributed by atoms with Crippen LogP contribution in [0, 0.1) is 17.8 Å². The van der Waals surface area contributed by atoms with Gasteiger partial charge in [-0.25, -0.2) is 4.39 Å². The molecule has 0 aliphatic heterocycles. The number of ketones is 3. The lowest BCUT2D eigenvalue weighted by Gasteiger charge is -2.10. The van der Waals surface area contributed by atoms with Crippen LogP contribution in [0.2, 0.25) is 0 Å². The van der Waals surface area contributed by atoms with Gasteiger partial charge in [0.15, 0.2) is 23.2 Å². The van der Waals surface area contributed by atoms with Crippen LogP contribution in [0.5, 0.6) is 0 Å². The van der Waals surface area contributed by atoms with Crippen LogP contribution in [0.25, 0.3) is 0 Å². The molecule has 3 nitrogen and oxygen atoms in total. The fourth-order valence-electron chi connectivity index (χ4n) is 1.91. The van der Waals surface area contributed by atoms with Crippen molar-refractivity contribution in [3.05, 3.63) is 36.2 Å². The van der Waals surface area contributed by atoms with Crippen LogP contribution in [0.15, 0.2) is 36.2 Å². The van der Waals surface area contributed by atoms with E-state index in [-0.39, 0.29) is 23.4 Å². The first-order valence-electron chi connectivity index (χ1n) is 7.87. The Bertz CT molecular complexity index is 527. The summed E-state index contributed by atoms with van der Waals surface area (Å²) < 4.78 is 12.8. The van der Waals surface area contributed by atoms with Crippen molar-refractivity contribution in [2.75, 3.05) is 0 Å². The fourth-order valence-corrected chi connectivity index (χ4v) is 1.91. The number of allylic oxidation sites excluding steroid dienone is 5. The second-order valence-electron chi connectivity index (χ2n) is 6.25. The van der Waals surface area contributed by atoms with Crippen molar-refractivity contribution in [1.82, 2.24) is 0 Å². The summed E-state index contributed by atoms with van der Waals surface area (Å²) in [6.07, 6.45) is 5.68. The van der Waals surface area contributed by atoms with E-state index in [1.807, 2.05) is 13.8 Å². The van der Waals surface area contributed by atoms with Gasteiger partial charge in [-0.05, 0) is 31.4 Å². The lowest BCUT2D eigenvalue weighted by atomic mass is 9.94. The molecule has 0 saturated carbocycles. The van der Waals surface area contributed by atoms with Gasteiger partial charge in [0.05, 0.1) is 0 Å². The van der Waals surface area contributed by atoms with E-state index in [1.54, 1.807) is 32.9 Å². The first kappa shape index (κ1) is 21.2. The van der Waals surface area contributed by atoms with Crippen LogP contribution in [0.4, 0.5) is 4.39 Å². The molecule has 128 valence electrons. The molecule has 23 heavy (non-hydrogen) atoms. The van der Waals surface area contributed by atoms with Crippen LogP contribution in [-0.2, 0) is 14.4 Å². The monoisotopic (exact) mass is 322 g/mol. The minimum absolute atomic E-state index is 0.0367. The number of carbonyl (C=O) groups excluding carboxylic acids is 3. The molecule has 0 radical (unpaired) electrons. The summed E-state index contributed by atoms with van der Waals surface area (Å²) in [4.78, 5) is 35.1. The lowest BCUT2D eigenvalue weighted by Crippen LogP contribution is -2.13. The fraction of sp³-hybridized carbons (Fsp3) is 0.526. The minimum Gasteiger partial charge on any atom is -0.295 e. The second kappa shape index (κ2) is 10.0. The van der Waals surface area contributed by atoms with Crippen LogP contribution in [0.1, 0.15) is 47.5 Å². The van der Waals surface area contributed by atoms with Gasteiger partial charge in [-0.1, -0.05) is 46.4 Å². The molecule has 0 bridgehead atoms. The van der Waals surface area contributed by atoms with Gasteiger partial charge in [0.2, 0.25) is 0 Å². The summed E-state index contributed by atoms with van der Waals surface area (Å²) in [5.41, 5.74) is 0.546. The summed E-state index contributed by atoms with van der Waals surface area (Å²) >= 11 is 0. The zero-order valence-electron chi connectivity index (χ0n) is 14.7. The second-order valence-corrected chi connectivity index (χ2v) is 6.25. The first-order valence-corrected chi connectivity index (χ1v) is 7.87. The third-order valence-corrected chi connectivity index (χ3v) is 3.67. The van der Waals surface area contributed by atoms with E-state index >= 15 is 0 Å². The Kier molecular flexibility index (Phi) is 9.23. The van der Waals surface area contributed by atoms with Gasteiger partial charge < -0.3 is 0 Å². The van der Waals surface area contributed by atoms with E-state index in [0.717, 1.165) is 0 Å². The highest BCUT2D eigenvalue weighted by atomic mass is 19.1. The maximum Gasteiger partial charge on any atom is 0.193 e. The Labute approximate surface area is 138 Å². The molecule has 0 aromatic rings. The van der Waals surface area contributed by atoms with Crippen molar-refractivity contribution >= 4 is 17.3 Å². The van der Waals surface area contributed by atoms with Crippen molar-refractivity contribution in [3.8, 4) is 0 Å². The van der Waals surface area contributed by atoms with E-state index in [9.17, 15) is 18.8 Å². The number of rotatable bonds is 10. The molecule has 0 heterocycles. The molecule has 0 N–H and O–H groups in total. The Morgan fingerprint density at radius 2 is 1.52 bits per heavy atom. The number of Topliss-reactive ketones (excluding diaryl/α,β-unsaturated/α-hetero) is 2. The van der Waals surface area contributed by atoms with Crippen molar-refractivity contribution in [3.63, 3.8) is 0 Å². The molecule has 2 unspecified atom stereocenters. The number of hydrogen-bond acceptors (Lipinski definition) is 3. The Hall–Kier alpha value is -1.84. The standard InChI is InChI=1S/C19H27FO3/c1-12(2)17(21)9-7-8-13(3)18(22)14(4)10-11-15(5)19(23)16(6)20/h7,9-10,12-13,15H,6,8,11H2,1-5H3. The summed E-state index contributed by atoms with van der Waals surface area (Å²) in [7, 11) is 0. The Morgan fingerprint density at radius 1 is 1.00 bits per heavy atom. The third kappa shape index (κ3) is 7.82. The van der Waals surface area contributed by atoms with Crippen LogP contribution < -0.4 is 0 Å². The van der Waals surface area contributed by atoms with Gasteiger partial charge in [-0.3, -0.25) is 14.4 Å². The lowest BCUT2D eigenvalue weighted by molar-refractivity contribution is -0.120. The summed E-state index contributed by atoms with van der Waals surface area (Å²) in [5, 5.41) is 0. The van der Waals surface area contributed by atoms with E-state index in [4.69, 9.17) is 0 Å². The van der Waals surface area contributed by atoms with Gasteiger partial charge in [0.1, 0.15) is 0 Å². The predicted octanol–water partition coefficient (Wildman–Crippen LogP) is 4.39. The molecule has 0 aliphatic rings. The van der Waals surface area contributed by atoms with Crippen LogP contribution in [-0.4, -0.2) is 17.3 Å². The van der Waals surface area contributed by atoms with Gasteiger partial charge in [0, 0.05) is 17.8 Å². The average Bonchev–Trinajstić information content (AvgIpc) is 2.49. The maximum absolute atomic E-state index is 12.8. The van der Waals surface area contributed by atoms with Gasteiger partial charge in [0.25, 0.3) is 0 Å². The highest BCUT2D eigenvalue weighted by Crippen LogP contribution is 2.16. The largest absolute Gasteiger partial charge is 0.295 e. The maximum atomic E-state index is 12.8. The van der Waals surface area contributed by atoms with Crippen molar-refractivity contribution in [2.45, 2.75) is 47.5 Å². The molecular formula is C19H27FO3. The number of carbonyl (C=O) groups is 3. The Balaban J connectivity index is 4.58.